The first-order valence-electron chi connectivity index (χ1n) is 10.3. The molecule has 8 heteroatoms. The minimum atomic E-state index is -0.00820. The molecule has 7 nitrogen and oxygen atoms in total. The molecule has 2 aromatic rings. The number of thioether (sulfide) groups is 1. The minimum Gasteiger partial charge on any atom is -0.356 e. The minimum absolute atomic E-state index is 0.00820. The van der Waals surface area contributed by atoms with E-state index in [1.165, 1.54) is 12.8 Å². The lowest BCUT2D eigenvalue weighted by Crippen LogP contribution is -2.30. The maximum atomic E-state index is 12.1. The van der Waals surface area contributed by atoms with Crippen LogP contribution in [-0.4, -0.2) is 51.0 Å². The monoisotopic (exact) mass is 404 g/mol. The molecule has 2 aromatic heterocycles. The molecule has 0 spiro atoms. The van der Waals surface area contributed by atoms with Gasteiger partial charge in [-0.25, -0.2) is 14.6 Å². The van der Waals surface area contributed by atoms with Gasteiger partial charge in [0.1, 0.15) is 5.82 Å². The van der Waals surface area contributed by atoms with E-state index in [0.717, 1.165) is 47.3 Å². The second kappa shape index (κ2) is 9.11. The summed E-state index contributed by atoms with van der Waals surface area (Å²) in [7, 11) is 0. The number of hydrogen-bond donors (Lipinski definition) is 1. The summed E-state index contributed by atoms with van der Waals surface area (Å²) < 4.78 is 1.89. The third-order valence-corrected chi connectivity index (χ3v) is 5.69. The summed E-state index contributed by atoms with van der Waals surface area (Å²) >= 11 is 1.70. The zero-order chi connectivity index (χ0) is 20.1. The van der Waals surface area contributed by atoms with Crippen molar-refractivity contribution in [3.05, 3.63) is 6.20 Å². The lowest BCUT2D eigenvalue weighted by molar-refractivity contribution is -0.122. The highest BCUT2D eigenvalue weighted by molar-refractivity contribution is 7.99. The van der Waals surface area contributed by atoms with E-state index in [1.807, 2.05) is 10.9 Å². The number of hydrogen-bond acceptors (Lipinski definition) is 6. The van der Waals surface area contributed by atoms with Crippen LogP contribution in [0, 0.1) is 5.41 Å². The summed E-state index contributed by atoms with van der Waals surface area (Å²) in [5.41, 5.74) is 0.853. The molecule has 154 valence electrons. The molecule has 0 saturated carbocycles. The zero-order valence-electron chi connectivity index (χ0n) is 17.5. The largest absolute Gasteiger partial charge is 0.356 e. The maximum absolute atomic E-state index is 12.1. The Kier molecular flexibility index (Phi) is 6.80. The highest BCUT2D eigenvalue weighted by atomic mass is 32.2. The Hall–Kier alpha value is -1.83. The van der Waals surface area contributed by atoms with E-state index >= 15 is 0 Å². The third kappa shape index (κ3) is 5.37. The molecule has 1 fully saturated rings. The van der Waals surface area contributed by atoms with Gasteiger partial charge in [0, 0.05) is 31.8 Å². The average Bonchev–Trinajstić information content (AvgIpc) is 3.28. The second-order valence-corrected chi connectivity index (χ2v) is 9.63. The van der Waals surface area contributed by atoms with E-state index in [-0.39, 0.29) is 11.3 Å². The highest BCUT2D eigenvalue weighted by Gasteiger charge is 2.21. The Balaban J connectivity index is 1.77. The predicted octanol–water partition coefficient (Wildman–Crippen LogP) is 3.48. The third-order valence-electron chi connectivity index (χ3n) is 4.63. The van der Waals surface area contributed by atoms with E-state index < -0.39 is 0 Å². The Bertz CT molecular complexity index is 807. The molecular weight excluding hydrogens is 372 g/mol. The predicted molar refractivity (Wildman–Crippen MR) is 115 cm³/mol. The Morgan fingerprint density at radius 2 is 2.00 bits per heavy atom. The number of rotatable bonds is 8. The van der Waals surface area contributed by atoms with Crippen molar-refractivity contribution in [1.29, 1.82) is 0 Å². The van der Waals surface area contributed by atoms with Gasteiger partial charge in [-0.15, -0.1) is 0 Å². The van der Waals surface area contributed by atoms with Crippen LogP contribution in [0.2, 0.25) is 0 Å². The van der Waals surface area contributed by atoms with Gasteiger partial charge < -0.3 is 10.2 Å². The molecule has 0 radical (unpaired) electrons. The van der Waals surface area contributed by atoms with Crippen molar-refractivity contribution in [2.75, 3.05) is 30.3 Å². The quantitative estimate of drug-likeness (QED) is 0.536. The lowest BCUT2D eigenvalue weighted by Gasteiger charge is -2.18. The van der Waals surface area contributed by atoms with E-state index in [9.17, 15) is 4.79 Å². The SMILES string of the molecule is CCCSc1nc(N2CCCC2)c2cnn(CCNC(=O)CC(C)(C)C)c2n1. The summed E-state index contributed by atoms with van der Waals surface area (Å²) in [6, 6.07) is 0. The summed E-state index contributed by atoms with van der Waals surface area (Å²) in [6.07, 6.45) is 5.89. The summed E-state index contributed by atoms with van der Waals surface area (Å²) in [4.78, 5) is 24.0. The van der Waals surface area contributed by atoms with Gasteiger partial charge in [-0.05, 0) is 24.7 Å². The van der Waals surface area contributed by atoms with E-state index in [1.54, 1.807) is 11.8 Å². The molecule has 1 N–H and O–H groups in total. The molecule has 28 heavy (non-hydrogen) atoms. The van der Waals surface area contributed by atoms with Crippen molar-refractivity contribution in [2.24, 2.45) is 5.41 Å². The van der Waals surface area contributed by atoms with E-state index in [0.29, 0.717) is 19.5 Å². The maximum Gasteiger partial charge on any atom is 0.220 e. The molecule has 0 bridgehead atoms. The van der Waals surface area contributed by atoms with Gasteiger partial charge in [0.2, 0.25) is 5.91 Å². The molecule has 0 atom stereocenters. The molecule has 1 amide bonds. The van der Waals surface area contributed by atoms with Crippen LogP contribution >= 0.6 is 11.8 Å². The van der Waals surface area contributed by atoms with Gasteiger partial charge in [0.05, 0.1) is 18.1 Å². The van der Waals surface area contributed by atoms with Crippen LogP contribution in [-0.2, 0) is 11.3 Å². The van der Waals surface area contributed by atoms with Crippen LogP contribution in [0.3, 0.4) is 0 Å². The molecule has 3 rings (SSSR count). The van der Waals surface area contributed by atoms with Crippen LogP contribution in [0.15, 0.2) is 11.4 Å². The van der Waals surface area contributed by atoms with Crippen molar-refractivity contribution in [3.63, 3.8) is 0 Å². The van der Waals surface area contributed by atoms with Crippen LogP contribution in [0.25, 0.3) is 11.0 Å². The Labute approximate surface area is 171 Å². The summed E-state index contributed by atoms with van der Waals surface area (Å²) in [5.74, 6) is 2.08. The van der Waals surface area contributed by atoms with Crippen molar-refractivity contribution in [2.45, 2.75) is 65.1 Å². The number of fused-ring (bicyclic) bond motifs is 1. The molecule has 1 saturated heterocycles. The highest BCUT2D eigenvalue weighted by Crippen LogP contribution is 2.29. The fourth-order valence-electron chi connectivity index (χ4n) is 3.36. The summed E-state index contributed by atoms with van der Waals surface area (Å²) in [6.45, 7) is 11.6. The van der Waals surface area contributed by atoms with Gasteiger partial charge in [-0.2, -0.15) is 5.10 Å². The van der Waals surface area contributed by atoms with Crippen molar-refractivity contribution in [3.8, 4) is 0 Å². The number of amides is 1. The molecular formula is C20H32N6OS. The number of nitrogens with zero attached hydrogens (tertiary/aromatic N) is 5. The number of aromatic nitrogens is 4. The van der Waals surface area contributed by atoms with Crippen molar-refractivity contribution in [1.82, 2.24) is 25.1 Å². The number of anilines is 1. The number of carbonyl (C=O) groups excluding carboxylic acids is 1. The number of carbonyl (C=O) groups is 1. The standard InChI is InChI=1S/C20H32N6OS/c1-5-12-28-19-23-17(25-9-6-7-10-25)15-14-22-26(18(15)24-19)11-8-21-16(27)13-20(2,3)4/h14H,5-13H2,1-4H3,(H,21,27). The smallest absolute Gasteiger partial charge is 0.220 e. The van der Waals surface area contributed by atoms with Gasteiger partial charge in [0.25, 0.3) is 0 Å². The van der Waals surface area contributed by atoms with Crippen LogP contribution in [0.4, 0.5) is 5.82 Å². The molecule has 0 aromatic carbocycles. The molecule has 0 unspecified atom stereocenters. The van der Waals surface area contributed by atoms with E-state index in [4.69, 9.17) is 9.97 Å². The average molecular weight is 405 g/mol. The number of nitrogens with one attached hydrogen (secondary N) is 1. The van der Waals surface area contributed by atoms with Crippen LogP contribution in [0.5, 0.6) is 0 Å². The topological polar surface area (TPSA) is 75.9 Å². The fourth-order valence-corrected chi connectivity index (χ4v) is 4.05. The molecule has 3 heterocycles. The van der Waals surface area contributed by atoms with Crippen molar-refractivity contribution >= 4 is 34.5 Å². The van der Waals surface area contributed by atoms with Gasteiger partial charge in [-0.1, -0.05) is 39.5 Å². The first-order valence-corrected chi connectivity index (χ1v) is 11.2. The molecule has 0 aliphatic carbocycles. The Morgan fingerprint density at radius 3 is 2.68 bits per heavy atom. The zero-order valence-corrected chi connectivity index (χ0v) is 18.3. The first kappa shape index (κ1) is 20.9. The van der Waals surface area contributed by atoms with E-state index in [2.05, 4.69) is 43.0 Å². The molecule has 1 aliphatic rings. The fraction of sp³-hybridized carbons (Fsp3) is 0.700. The van der Waals surface area contributed by atoms with Crippen LogP contribution < -0.4 is 10.2 Å². The van der Waals surface area contributed by atoms with Crippen LogP contribution in [0.1, 0.15) is 53.4 Å². The first-order chi connectivity index (χ1) is 13.4. The van der Waals surface area contributed by atoms with Gasteiger partial charge in [0.15, 0.2) is 10.8 Å². The normalized spacial score (nSPS) is 14.8. The summed E-state index contributed by atoms with van der Waals surface area (Å²) in [5, 5.41) is 9.37. The molecule has 1 aliphatic heterocycles. The van der Waals surface area contributed by atoms with Crippen molar-refractivity contribution < 1.29 is 4.79 Å². The Morgan fingerprint density at radius 1 is 1.25 bits per heavy atom. The second-order valence-electron chi connectivity index (χ2n) is 8.56. The van der Waals surface area contributed by atoms with Gasteiger partial charge >= 0.3 is 0 Å². The van der Waals surface area contributed by atoms with Gasteiger partial charge in [-0.3, -0.25) is 4.79 Å². The lowest BCUT2D eigenvalue weighted by atomic mass is 9.92.